The predicted octanol–water partition coefficient (Wildman–Crippen LogP) is 4.25. The van der Waals surface area contributed by atoms with Gasteiger partial charge in [0.25, 0.3) is 11.8 Å². The predicted molar refractivity (Wildman–Crippen MR) is 132 cm³/mol. The van der Waals surface area contributed by atoms with Crippen LogP contribution in [0.3, 0.4) is 0 Å². The second-order valence-corrected chi connectivity index (χ2v) is 8.99. The summed E-state index contributed by atoms with van der Waals surface area (Å²) in [4.78, 5) is 25.8. The first kappa shape index (κ1) is 23.4. The molecule has 1 heterocycles. The number of hydrogen-bond donors (Lipinski definition) is 1. The standard InChI is InChI=1S/C21H19IN2O5S2/c1-4-29-16-10-12(9-15(22)18(16)28-3)11-17-20(26)24(21(30)31-17)23-19(25)13-5-7-14(27-2)8-6-13/h5-11H,4H2,1-3H3,(H,23,25)/b17-11+. The molecule has 0 radical (unpaired) electrons. The number of methoxy groups -OCH3 is 2. The minimum absolute atomic E-state index is 0.242. The fourth-order valence-electron chi connectivity index (χ4n) is 2.76. The molecule has 1 saturated heterocycles. The molecule has 0 atom stereocenters. The van der Waals surface area contributed by atoms with Crippen LogP contribution in [0.5, 0.6) is 17.2 Å². The summed E-state index contributed by atoms with van der Waals surface area (Å²) >= 11 is 8.56. The van der Waals surface area contributed by atoms with E-state index in [9.17, 15) is 9.59 Å². The molecule has 0 unspecified atom stereocenters. The Morgan fingerprint density at radius 3 is 2.55 bits per heavy atom. The molecular weight excluding hydrogens is 551 g/mol. The summed E-state index contributed by atoms with van der Waals surface area (Å²) < 4.78 is 17.2. The highest BCUT2D eigenvalue weighted by molar-refractivity contribution is 14.1. The molecule has 162 valence electrons. The maximum atomic E-state index is 12.9. The van der Waals surface area contributed by atoms with Gasteiger partial charge in [-0.2, -0.15) is 5.01 Å². The average molecular weight is 570 g/mol. The lowest BCUT2D eigenvalue weighted by Crippen LogP contribution is -2.44. The summed E-state index contributed by atoms with van der Waals surface area (Å²) in [6, 6.07) is 10.2. The van der Waals surface area contributed by atoms with Gasteiger partial charge in [-0.05, 0) is 89.8 Å². The van der Waals surface area contributed by atoms with Crippen LogP contribution in [-0.2, 0) is 4.79 Å². The fraction of sp³-hybridized carbons (Fsp3) is 0.190. The van der Waals surface area contributed by atoms with E-state index in [1.54, 1.807) is 50.6 Å². The molecular formula is C21H19IN2O5S2. The van der Waals surface area contributed by atoms with Crippen LogP contribution in [0.2, 0.25) is 0 Å². The Labute approximate surface area is 203 Å². The highest BCUT2D eigenvalue weighted by Gasteiger charge is 2.34. The minimum atomic E-state index is -0.446. The minimum Gasteiger partial charge on any atom is -0.497 e. The number of halogens is 1. The van der Waals surface area contributed by atoms with Crippen LogP contribution in [0.4, 0.5) is 0 Å². The van der Waals surface area contributed by atoms with E-state index in [4.69, 9.17) is 26.4 Å². The van der Waals surface area contributed by atoms with Gasteiger partial charge in [0.05, 0.1) is 29.3 Å². The van der Waals surface area contributed by atoms with E-state index in [2.05, 4.69) is 28.0 Å². The highest BCUT2D eigenvalue weighted by atomic mass is 127. The van der Waals surface area contributed by atoms with Crippen LogP contribution in [0.25, 0.3) is 6.08 Å². The Morgan fingerprint density at radius 2 is 1.94 bits per heavy atom. The number of amides is 2. The van der Waals surface area contributed by atoms with Gasteiger partial charge in [0.1, 0.15) is 5.75 Å². The number of ether oxygens (including phenoxy) is 3. The van der Waals surface area contributed by atoms with Crippen LogP contribution < -0.4 is 19.6 Å². The fourth-order valence-corrected chi connectivity index (χ4v) is 4.78. The Morgan fingerprint density at radius 1 is 1.23 bits per heavy atom. The molecule has 1 aliphatic rings. The molecule has 2 amide bonds. The molecule has 1 fully saturated rings. The lowest BCUT2D eigenvalue weighted by molar-refractivity contribution is -0.123. The van der Waals surface area contributed by atoms with Crippen molar-refractivity contribution < 1.29 is 23.8 Å². The molecule has 2 aromatic rings. The van der Waals surface area contributed by atoms with Gasteiger partial charge in [-0.3, -0.25) is 15.0 Å². The van der Waals surface area contributed by atoms with Gasteiger partial charge in [0.15, 0.2) is 15.8 Å². The molecule has 1 aliphatic heterocycles. The Bertz CT molecular complexity index is 1060. The molecule has 10 heteroatoms. The Balaban J connectivity index is 1.80. The van der Waals surface area contributed by atoms with Gasteiger partial charge in [-0.15, -0.1) is 0 Å². The molecule has 2 aromatic carbocycles. The molecule has 0 aliphatic carbocycles. The third-order valence-electron chi connectivity index (χ3n) is 4.19. The maximum absolute atomic E-state index is 12.9. The third-order valence-corrected chi connectivity index (χ3v) is 6.30. The molecule has 7 nitrogen and oxygen atoms in total. The normalized spacial score (nSPS) is 14.7. The number of nitrogens with zero attached hydrogens (tertiary/aromatic N) is 1. The SMILES string of the molecule is CCOc1cc(/C=C2/SC(=S)N(NC(=O)c3ccc(OC)cc3)C2=O)cc(I)c1OC. The molecule has 0 aromatic heterocycles. The van der Waals surface area contributed by atoms with Gasteiger partial charge in [0, 0.05) is 5.56 Å². The van der Waals surface area contributed by atoms with Crippen molar-refractivity contribution in [1.82, 2.24) is 10.4 Å². The van der Waals surface area contributed by atoms with Gasteiger partial charge < -0.3 is 14.2 Å². The molecule has 3 rings (SSSR count). The van der Waals surface area contributed by atoms with E-state index in [0.717, 1.165) is 25.9 Å². The summed E-state index contributed by atoms with van der Waals surface area (Å²) in [7, 11) is 3.12. The van der Waals surface area contributed by atoms with Gasteiger partial charge >= 0.3 is 0 Å². The summed E-state index contributed by atoms with van der Waals surface area (Å²) in [6.07, 6.45) is 1.71. The van der Waals surface area contributed by atoms with E-state index in [-0.39, 0.29) is 4.32 Å². The number of hydrogen-bond acceptors (Lipinski definition) is 7. The van der Waals surface area contributed by atoms with Crippen LogP contribution in [-0.4, -0.2) is 42.0 Å². The number of hydrazine groups is 1. The first-order valence-electron chi connectivity index (χ1n) is 9.11. The van der Waals surface area contributed by atoms with Crippen molar-refractivity contribution in [3.8, 4) is 17.2 Å². The summed E-state index contributed by atoms with van der Waals surface area (Å²) in [6.45, 7) is 2.37. The van der Waals surface area contributed by atoms with E-state index < -0.39 is 11.8 Å². The zero-order valence-electron chi connectivity index (χ0n) is 16.9. The smallest absolute Gasteiger partial charge is 0.285 e. The van der Waals surface area contributed by atoms with Crippen molar-refractivity contribution in [3.63, 3.8) is 0 Å². The van der Waals surface area contributed by atoms with Crippen LogP contribution in [0, 0.1) is 3.57 Å². The summed E-state index contributed by atoms with van der Waals surface area (Å²) in [5.41, 5.74) is 3.70. The zero-order valence-corrected chi connectivity index (χ0v) is 20.7. The van der Waals surface area contributed by atoms with Crippen molar-refractivity contribution in [2.75, 3.05) is 20.8 Å². The number of rotatable bonds is 7. The average Bonchev–Trinajstić information content (AvgIpc) is 3.01. The molecule has 0 bridgehead atoms. The molecule has 0 saturated carbocycles. The number of benzene rings is 2. The van der Waals surface area contributed by atoms with Crippen LogP contribution in [0.15, 0.2) is 41.3 Å². The lowest BCUT2D eigenvalue weighted by Gasteiger charge is -2.15. The Kier molecular flexibility index (Phi) is 7.79. The first-order chi connectivity index (χ1) is 14.9. The third kappa shape index (κ3) is 5.31. The van der Waals surface area contributed by atoms with E-state index >= 15 is 0 Å². The number of nitrogens with one attached hydrogen (secondary N) is 1. The number of thioether (sulfide) groups is 1. The molecule has 0 spiro atoms. The van der Waals surface area contributed by atoms with E-state index in [1.165, 1.54) is 0 Å². The monoisotopic (exact) mass is 570 g/mol. The second kappa shape index (κ2) is 10.3. The largest absolute Gasteiger partial charge is 0.497 e. The maximum Gasteiger partial charge on any atom is 0.285 e. The van der Waals surface area contributed by atoms with Gasteiger partial charge in [0.2, 0.25) is 0 Å². The van der Waals surface area contributed by atoms with Crippen molar-refractivity contribution >= 4 is 68.8 Å². The summed E-state index contributed by atoms with van der Waals surface area (Å²) in [5.74, 6) is 1.01. The summed E-state index contributed by atoms with van der Waals surface area (Å²) in [5, 5.41) is 1.08. The number of thiocarbonyl (C=S) groups is 1. The quantitative estimate of drug-likeness (QED) is 0.303. The number of carbonyl (C=O) groups excluding carboxylic acids is 2. The van der Waals surface area contributed by atoms with Crippen molar-refractivity contribution in [2.45, 2.75) is 6.92 Å². The van der Waals surface area contributed by atoms with Crippen molar-refractivity contribution in [1.29, 1.82) is 0 Å². The van der Waals surface area contributed by atoms with Crippen LogP contribution >= 0.6 is 46.6 Å². The van der Waals surface area contributed by atoms with Gasteiger partial charge in [-0.25, -0.2) is 0 Å². The topological polar surface area (TPSA) is 77.1 Å². The molecule has 1 N–H and O–H groups in total. The zero-order chi connectivity index (χ0) is 22.5. The van der Waals surface area contributed by atoms with E-state index in [1.807, 2.05) is 13.0 Å². The Hall–Kier alpha value is -2.31. The highest BCUT2D eigenvalue weighted by Crippen LogP contribution is 2.37. The first-order valence-corrected chi connectivity index (χ1v) is 11.4. The van der Waals surface area contributed by atoms with Crippen molar-refractivity contribution in [3.05, 3.63) is 56.0 Å². The lowest BCUT2D eigenvalue weighted by atomic mass is 10.2. The number of carbonyl (C=O) groups is 2. The second-order valence-electron chi connectivity index (χ2n) is 6.15. The van der Waals surface area contributed by atoms with Crippen molar-refractivity contribution in [2.24, 2.45) is 0 Å². The van der Waals surface area contributed by atoms with E-state index in [0.29, 0.717) is 34.3 Å². The van der Waals surface area contributed by atoms with Gasteiger partial charge in [-0.1, -0.05) is 11.8 Å². The molecule has 31 heavy (non-hydrogen) atoms. The van der Waals surface area contributed by atoms with Crippen LogP contribution in [0.1, 0.15) is 22.8 Å².